The Morgan fingerprint density at radius 1 is 1.32 bits per heavy atom. The maximum atomic E-state index is 12.1. The Kier molecular flexibility index (Phi) is 4.74. The average molecular weight is 260 g/mol. The predicted molar refractivity (Wildman–Crippen MR) is 75.2 cm³/mol. The van der Waals surface area contributed by atoms with Crippen molar-refractivity contribution >= 4 is 11.9 Å². The van der Waals surface area contributed by atoms with Crippen molar-refractivity contribution < 1.29 is 14.3 Å². The molecule has 2 rings (SSSR count). The molecule has 3 heteroatoms. The second-order valence-electron chi connectivity index (χ2n) is 4.81. The summed E-state index contributed by atoms with van der Waals surface area (Å²) < 4.78 is 10.6. The fourth-order valence-electron chi connectivity index (χ4n) is 2.56. The van der Waals surface area contributed by atoms with E-state index in [-0.39, 0.29) is 11.7 Å². The molecule has 1 aromatic rings. The highest BCUT2D eigenvalue weighted by atomic mass is 16.5. The van der Waals surface area contributed by atoms with E-state index in [1.54, 1.807) is 14.2 Å². The highest BCUT2D eigenvalue weighted by Crippen LogP contribution is 2.30. The van der Waals surface area contributed by atoms with E-state index in [9.17, 15) is 4.79 Å². The predicted octanol–water partition coefficient (Wildman–Crippen LogP) is 3.09. The molecule has 1 fully saturated rings. The number of carbonyl (C=O) groups is 1. The van der Waals surface area contributed by atoms with Crippen molar-refractivity contribution in [1.29, 1.82) is 0 Å². The zero-order chi connectivity index (χ0) is 13.7. The van der Waals surface area contributed by atoms with E-state index in [1.807, 2.05) is 30.3 Å². The number of hydrogen-bond donors (Lipinski definition) is 0. The van der Waals surface area contributed by atoms with Gasteiger partial charge in [-0.05, 0) is 25.0 Å². The van der Waals surface area contributed by atoms with Crippen molar-refractivity contribution in [2.45, 2.75) is 19.3 Å². The van der Waals surface area contributed by atoms with Crippen LogP contribution in [-0.4, -0.2) is 26.6 Å². The molecular formula is C16H20O3. The second kappa shape index (κ2) is 6.53. The van der Waals surface area contributed by atoms with Crippen LogP contribution in [0.5, 0.6) is 5.75 Å². The third-order valence-corrected chi connectivity index (χ3v) is 3.54. The molecular weight excluding hydrogens is 240 g/mol. The van der Waals surface area contributed by atoms with Crippen LogP contribution in [0.15, 0.2) is 29.8 Å². The Balaban J connectivity index is 2.34. The Morgan fingerprint density at radius 2 is 2.11 bits per heavy atom. The van der Waals surface area contributed by atoms with Crippen LogP contribution in [0.2, 0.25) is 0 Å². The van der Waals surface area contributed by atoms with Gasteiger partial charge in [0.2, 0.25) is 0 Å². The Bertz CT molecular complexity index is 475. The monoisotopic (exact) mass is 260 g/mol. The van der Waals surface area contributed by atoms with Crippen molar-refractivity contribution in [2.75, 3.05) is 20.8 Å². The van der Waals surface area contributed by atoms with Gasteiger partial charge >= 0.3 is 0 Å². The van der Waals surface area contributed by atoms with Crippen molar-refractivity contribution in [1.82, 2.24) is 0 Å². The van der Waals surface area contributed by atoms with Gasteiger partial charge < -0.3 is 9.47 Å². The summed E-state index contributed by atoms with van der Waals surface area (Å²) in [6.07, 6.45) is 4.57. The summed E-state index contributed by atoms with van der Waals surface area (Å²) in [6.45, 7) is 0.604. The van der Waals surface area contributed by atoms with Crippen molar-refractivity contribution in [3.8, 4) is 5.75 Å². The smallest absolute Gasteiger partial charge is 0.159 e. The summed E-state index contributed by atoms with van der Waals surface area (Å²) in [5.74, 6) is 1.24. The molecule has 102 valence electrons. The first-order valence-corrected chi connectivity index (χ1v) is 6.63. The van der Waals surface area contributed by atoms with E-state index >= 15 is 0 Å². The van der Waals surface area contributed by atoms with Crippen molar-refractivity contribution in [3.05, 3.63) is 35.4 Å². The van der Waals surface area contributed by atoms with E-state index < -0.39 is 0 Å². The number of Topliss-reactive ketones (excluding diaryl/α,β-unsaturated/α-hetero) is 1. The molecule has 1 aliphatic carbocycles. The first kappa shape index (κ1) is 13.8. The van der Waals surface area contributed by atoms with Gasteiger partial charge in [0.05, 0.1) is 13.7 Å². The standard InChI is InChI=1S/C16H20O3/c1-18-11-13-7-5-8-15(17)14(13)10-12-6-3-4-9-16(12)19-2/h3-4,6,9-10,13H,5,7-8,11H2,1-2H3. The fraction of sp³-hybridized carbons (Fsp3) is 0.438. The molecule has 0 bridgehead atoms. The Labute approximate surface area is 114 Å². The zero-order valence-corrected chi connectivity index (χ0v) is 11.5. The molecule has 1 unspecified atom stereocenters. The number of hydrogen-bond acceptors (Lipinski definition) is 3. The zero-order valence-electron chi connectivity index (χ0n) is 11.5. The first-order chi connectivity index (χ1) is 9.26. The van der Waals surface area contributed by atoms with E-state index in [4.69, 9.17) is 9.47 Å². The van der Waals surface area contributed by atoms with Crippen LogP contribution in [0, 0.1) is 5.92 Å². The molecule has 0 heterocycles. The van der Waals surface area contributed by atoms with Gasteiger partial charge in [0.1, 0.15) is 5.75 Å². The van der Waals surface area contributed by atoms with Gasteiger partial charge in [-0.3, -0.25) is 4.79 Å². The highest BCUT2D eigenvalue weighted by Gasteiger charge is 2.25. The average Bonchev–Trinajstić information content (AvgIpc) is 2.43. The molecule has 0 radical (unpaired) electrons. The minimum absolute atomic E-state index is 0.205. The fourth-order valence-corrected chi connectivity index (χ4v) is 2.56. The third-order valence-electron chi connectivity index (χ3n) is 3.54. The largest absolute Gasteiger partial charge is 0.496 e. The number of rotatable bonds is 4. The maximum Gasteiger partial charge on any atom is 0.159 e. The maximum absolute atomic E-state index is 12.1. The summed E-state index contributed by atoms with van der Waals surface area (Å²) in [6, 6.07) is 7.76. The molecule has 1 saturated carbocycles. The lowest BCUT2D eigenvalue weighted by Gasteiger charge is -2.23. The normalized spacial score (nSPS) is 21.7. The van der Waals surface area contributed by atoms with E-state index in [0.717, 1.165) is 29.7 Å². The van der Waals surface area contributed by atoms with Crippen LogP contribution < -0.4 is 4.74 Å². The van der Waals surface area contributed by atoms with E-state index in [0.29, 0.717) is 13.0 Å². The Hall–Kier alpha value is -1.61. The molecule has 0 aromatic heterocycles. The van der Waals surface area contributed by atoms with Crippen LogP contribution in [0.25, 0.3) is 6.08 Å². The molecule has 0 aliphatic heterocycles. The van der Waals surface area contributed by atoms with Gasteiger partial charge in [-0.2, -0.15) is 0 Å². The van der Waals surface area contributed by atoms with Gasteiger partial charge in [-0.15, -0.1) is 0 Å². The number of ketones is 1. The first-order valence-electron chi connectivity index (χ1n) is 6.63. The molecule has 3 nitrogen and oxygen atoms in total. The quantitative estimate of drug-likeness (QED) is 0.780. The van der Waals surface area contributed by atoms with Crippen LogP contribution in [-0.2, 0) is 9.53 Å². The number of methoxy groups -OCH3 is 2. The molecule has 0 spiro atoms. The van der Waals surface area contributed by atoms with Gasteiger partial charge in [0.25, 0.3) is 0 Å². The lowest BCUT2D eigenvalue weighted by Crippen LogP contribution is -2.22. The van der Waals surface area contributed by atoms with Gasteiger partial charge in [0.15, 0.2) is 5.78 Å². The number of ether oxygens (including phenoxy) is 2. The summed E-state index contributed by atoms with van der Waals surface area (Å²) in [5, 5.41) is 0. The third kappa shape index (κ3) is 3.24. The van der Waals surface area contributed by atoms with Crippen LogP contribution in [0.1, 0.15) is 24.8 Å². The highest BCUT2D eigenvalue weighted by molar-refractivity contribution is 6.01. The molecule has 19 heavy (non-hydrogen) atoms. The molecule has 0 saturated heterocycles. The Morgan fingerprint density at radius 3 is 2.84 bits per heavy atom. The van der Waals surface area contributed by atoms with Crippen LogP contribution in [0.4, 0.5) is 0 Å². The topological polar surface area (TPSA) is 35.5 Å². The lowest BCUT2D eigenvalue weighted by atomic mass is 9.82. The SMILES string of the molecule is COCC1CCCC(=O)C1=Cc1ccccc1OC. The number of para-hydroxylation sites is 1. The molecule has 1 aliphatic rings. The van der Waals surface area contributed by atoms with Gasteiger partial charge in [-0.1, -0.05) is 18.2 Å². The van der Waals surface area contributed by atoms with Crippen LogP contribution in [0.3, 0.4) is 0 Å². The molecule has 0 amide bonds. The van der Waals surface area contributed by atoms with E-state index in [2.05, 4.69) is 0 Å². The molecule has 0 N–H and O–H groups in total. The number of carbonyl (C=O) groups excluding carboxylic acids is 1. The van der Waals surface area contributed by atoms with Gasteiger partial charge in [-0.25, -0.2) is 0 Å². The summed E-state index contributed by atoms with van der Waals surface area (Å²) >= 11 is 0. The summed E-state index contributed by atoms with van der Waals surface area (Å²) in [4.78, 5) is 12.1. The summed E-state index contributed by atoms with van der Waals surface area (Å²) in [7, 11) is 3.33. The minimum atomic E-state index is 0.205. The van der Waals surface area contributed by atoms with Crippen molar-refractivity contribution in [2.24, 2.45) is 5.92 Å². The number of benzene rings is 1. The minimum Gasteiger partial charge on any atom is -0.496 e. The van der Waals surface area contributed by atoms with Crippen molar-refractivity contribution in [3.63, 3.8) is 0 Å². The van der Waals surface area contributed by atoms with Gasteiger partial charge in [0, 0.05) is 30.6 Å². The molecule has 1 atom stereocenters. The second-order valence-corrected chi connectivity index (χ2v) is 4.81. The lowest BCUT2D eigenvalue weighted by molar-refractivity contribution is -0.117. The van der Waals surface area contributed by atoms with E-state index in [1.165, 1.54) is 0 Å². The molecule has 1 aromatic carbocycles. The van der Waals surface area contributed by atoms with Crippen LogP contribution >= 0.6 is 0 Å². The summed E-state index contributed by atoms with van der Waals surface area (Å²) in [5.41, 5.74) is 1.83.